The number of H-pyrrole nitrogens is 2. The molecule has 1 aliphatic heterocycles. The van der Waals surface area contributed by atoms with Crippen LogP contribution in [0.1, 0.15) is 17.2 Å². The minimum absolute atomic E-state index is 0.0741. The van der Waals surface area contributed by atoms with Gasteiger partial charge in [0.2, 0.25) is 0 Å². The van der Waals surface area contributed by atoms with Gasteiger partial charge in [0, 0.05) is 39.7 Å². The Morgan fingerprint density at radius 2 is 1.87 bits per heavy atom. The van der Waals surface area contributed by atoms with E-state index in [-0.39, 0.29) is 6.04 Å². The minimum atomic E-state index is 0.0741. The van der Waals surface area contributed by atoms with E-state index in [0.717, 1.165) is 16.3 Å². The Labute approximate surface area is 131 Å². The molecule has 4 heteroatoms. The summed E-state index contributed by atoms with van der Waals surface area (Å²) in [6.45, 7) is 0. The van der Waals surface area contributed by atoms with Crippen LogP contribution in [0.3, 0.4) is 0 Å². The zero-order valence-electron chi connectivity index (χ0n) is 12.2. The summed E-state index contributed by atoms with van der Waals surface area (Å²) in [6.07, 6.45) is 6.10. The second-order valence-corrected chi connectivity index (χ2v) is 6.11. The molecule has 0 bridgehead atoms. The van der Waals surface area contributed by atoms with Crippen molar-refractivity contribution < 1.29 is 0 Å². The molecule has 4 aromatic rings. The van der Waals surface area contributed by atoms with Crippen molar-refractivity contribution in [3.8, 4) is 11.1 Å². The molecule has 4 nitrogen and oxygen atoms in total. The van der Waals surface area contributed by atoms with E-state index in [1.165, 1.54) is 33.0 Å². The molecule has 3 heterocycles. The number of nitrogens with one attached hydrogen (secondary N) is 2. The smallest absolute Gasteiger partial charge is 0.103 e. The van der Waals surface area contributed by atoms with Gasteiger partial charge in [0.05, 0.1) is 17.1 Å². The van der Waals surface area contributed by atoms with Crippen LogP contribution in [0.4, 0.5) is 0 Å². The maximum Gasteiger partial charge on any atom is 0.103 e. The highest BCUT2D eigenvalue weighted by Crippen LogP contribution is 2.48. The molecule has 1 atom stereocenters. The molecular formula is C19H12N4. The average molecular weight is 296 g/mol. The van der Waals surface area contributed by atoms with E-state index in [9.17, 15) is 0 Å². The molecule has 0 fully saturated rings. The molecule has 2 N–H and O–H groups in total. The molecule has 108 valence electrons. The summed E-state index contributed by atoms with van der Waals surface area (Å²) < 4.78 is 0. The number of aromatic amines is 2. The maximum atomic E-state index is 5.00. The van der Waals surface area contributed by atoms with Crippen molar-refractivity contribution in [3.05, 3.63) is 76.7 Å². The van der Waals surface area contributed by atoms with Crippen LogP contribution < -0.4 is 10.6 Å². The van der Waals surface area contributed by atoms with Crippen LogP contribution in [0, 0.1) is 0 Å². The second-order valence-electron chi connectivity index (χ2n) is 6.11. The van der Waals surface area contributed by atoms with Gasteiger partial charge in [-0.2, -0.15) is 5.10 Å². The molecule has 0 amide bonds. The third kappa shape index (κ3) is 1.27. The van der Waals surface area contributed by atoms with Gasteiger partial charge in [-0.3, -0.25) is 10.1 Å². The quantitative estimate of drug-likeness (QED) is 0.514. The SMILES string of the molecule is c1ccc2c(c1)=NC1C=2c2c[nH]cc2-c2c1ccc1[nH]ncc21. The van der Waals surface area contributed by atoms with E-state index in [2.05, 4.69) is 64.0 Å². The molecule has 0 radical (unpaired) electrons. The zero-order valence-corrected chi connectivity index (χ0v) is 12.2. The first-order valence-corrected chi connectivity index (χ1v) is 7.72. The zero-order chi connectivity index (χ0) is 15.0. The second kappa shape index (κ2) is 3.79. The third-order valence-corrected chi connectivity index (χ3v) is 4.99. The van der Waals surface area contributed by atoms with Crippen LogP contribution in [-0.2, 0) is 0 Å². The fourth-order valence-electron chi connectivity index (χ4n) is 4.04. The third-order valence-electron chi connectivity index (χ3n) is 4.99. The Hall–Kier alpha value is -3.14. The molecule has 0 spiro atoms. The molecule has 2 aromatic carbocycles. The first-order valence-electron chi connectivity index (χ1n) is 7.72. The Balaban J connectivity index is 1.86. The van der Waals surface area contributed by atoms with Crippen molar-refractivity contribution in [2.24, 2.45) is 4.99 Å². The van der Waals surface area contributed by atoms with E-state index in [4.69, 9.17) is 4.99 Å². The molecule has 23 heavy (non-hydrogen) atoms. The number of hydrogen-bond donors (Lipinski definition) is 2. The fourth-order valence-corrected chi connectivity index (χ4v) is 4.04. The summed E-state index contributed by atoms with van der Waals surface area (Å²) in [5, 5.41) is 10.8. The highest BCUT2D eigenvalue weighted by atomic mass is 15.1. The van der Waals surface area contributed by atoms with E-state index in [1.807, 2.05) is 6.20 Å². The van der Waals surface area contributed by atoms with E-state index in [1.54, 1.807) is 0 Å². The Kier molecular flexibility index (Phi) is 1.88. The summed E-state index contributed by atoms with van der Waals surface area (Å²) in [6, 6.07) is 12.8. The summed E-state index contributed by atoms with van der Waals surface area (Å²) >= 11 is 0. The molecule has 1 aliphatic carbocycles. The minimum Gasteiger partial charge on any atom is -0.366 e. The van der Waals surface area contributed by atoms with Gasteiger partial charge in [-0.1, -0.05) is 24.3 Å². The monoisotopic (exact) mass is 296 g/mol. The lowest BCUT2D eigenvalue weighted by Gasteiger charge is -2.24. The number of rotatable bonds is 0. The van der Waals surface area contributed by atoms with E-state index >= 15 is 0 Å². The lowest BCUT2D eigenvalue weighted by atomic mass is 9.80. The van der Waals surface area contributed by atoms with Gasteiger partial charge in [0.1, 0.15) is 6.04 Å². The first-order chi connectivity index (χ1) is 11.4. The fraction of sp³-hybridized carbons (Fsp3) is 0.0526. The van der Waals surface area contributed by atoms with Crippen LogP contribution in [0.5, 0.6) is 0 Å². The number of para-hydroxylation sites is 1. The van der Waals surface area contributed by atoms with Crippen molar-refractivity contribution in [2.75, 3.05) is 0 Å². The van der Waals surface area contributed by atoms with Crippen molar-refractivity contribution in [1.82, 2.24) is 15.2 Å². The summed E-state index contributed by atoms with van der Waals surface area (Å²) in [5.74, 6) is 0. The number of hydrogen-bond acceptors (Lipinski definition) is 2. The molecule has 6 rings (SSSR count). The van der Waals surface area contributed by atoms with Crippen LogP contribution >= 0.6 is 0 Å². The number of aromatic nitrogens is 3. The molecule has 0 saturated heterocycles. The van der Waals surface area contributed by atoms with Crippen molar-refractivity contribution in [3.63, 3.8) is 0 Å². The number of nitrogens with zero attached hydrogens (tertiary/aromatic N) is 2. The van der Waals surface area contributed by atoms with Gasteiger partial charge >= 0.3 is 0 Å². The number of benzene rings is 2. The first kappa shape index (κ1) is 11.4. The highest BCUT2D eigenvalue weighted by Gasteiger charge is 2.33. The largest absolute Gasteiger partial charge is 0.366 e. The van der Waals surface area contributed by atoms with Gasteiger partial charge in [0.25, 0.3) is 0 Å². The van der Waals surface area contributed by atoms with Crippen LogP contribution in [-0.4, -0.2) is 15.2 Å². The molecule has 0 saturated carbocycles. The Bertz CT molecular complexity index is 1230. The highest BCUT2D eigenvalue weighted by molar-refractivity contribution is 6.03. The lowest BCUT2D eigenvalue weighted by molar-refractivity contribution is 0.917. The van der Waals surface area contributed by atoms with Crippen molar-refractivity contribution in [2.45, 2.75) is 6.04 Å². The average Bonchev–Trinajstić information content (AvgIpc) is 3.30. The van der Waals surface area contributed by atoms with Gasteiger partial charge in [0.15, 0.2) is 0 Å². The van der Waals surface area contributed by atoms with E-state index in [0.29, 0.717) is 0 Å². The van der Waals surface area contributed by atoms with Gasteiger partial charge in [-0.05, 0) is 23.3 Å². The normalized spacial score (nSPS) is 17.4. The van der Waals surface area contributed by atoms with Gasteiger partial charge in [-0.25, -0.2) is 0 Å². The molecule has 2 aliphatic rings. The Morgan fingerprint density at radius 3 is 2.87 bits per heavy atom. The number of fused-ring (bicyclic) bond motifs is 9. The lowest BCUT2D eigenvalue weighted by Crippen LogP contribution is -2.22. The predicted octanol–water partition coefficient (Wildman–Crippen LogP) is 2.44. The van der Waals surface area contributed by atoms with Gasteiger partial charge in [-0.15, -0.1) is 0 Å². The molecule has 2 aromatic heterocycles. The van der Waals surface area contributed by atoms with E-state index < -0.39 is 0 Å². The van der Waals surface area contributed by atoms with Crippen LogP contribution in [0.25, 0.3) is 27.6 Å². The standard InChI is InChI=1S/C19H12N4/c1-2-4-15-10(3-1)18-13-8-20-7-12(13)17-11(19(18)22-15)5-6-16-14(17)9-21-23-16/h1-9,19-20H,(H,21,23). The molecular weight excluding hydrogens is 284 g/mol. The van der Waals surface area contributed by atoms with Crippen LogP contribution in [0.15, 0.2) is 60.0 Å². The van der Waals surface area contributed by atoms with Crippen molar-refractivity contribution >= 4 is 16.5 Å². The van der Waals surface area contributed by atoms with Gasteiger partial charge < -0.3 is 4.98 Å². The Morgan fingerprint density at radius 1 is 0.957 bits per heavy atom. The maximum absolute atomic E-state index is 5.00. The predicted molar refractivity (Wildman–Crippen MR) is 88.4 cm³/mol. The topological polar surface area (TPSA) is 56.8 Å². The molecule has 1 unspecified atom stereocenters. The summed E-state index contributed by atoms with van der Waals surface area (Å²) in [5.41, 5.74) is 7.38. The summed E-state index contributed by atoms with van der Waals surface area (Å²) in [7, 11) is 0. The summed E-state index contributed by atoms with van der Waals surface area (Å²) in [4.78, 5) is 8.29. The van der Waals surface area contributed by atoms with Crippen molar-refractivity contribution in [1.29, 1.82) is 0 Å². The van der Waals surface area contributed by atoms with Crippen LogP contribution in [0.2, 0.25) is 0 Å².